The van der Waals surface area contributed by atoms with Gasteiger partial charge >= 0.3 is 0 Å². The molecular weight excluding hydrogens is 325 g/mol. The van der Waals surface area contributed by atoms with E-state index in [1.165, 1.54) is 30.7 Å². The van der Waals surface area contributed by atoms with Crippen molar-refractivity contribution < 1.29 is 18.4 Å². The first-order valence-electron chi connectivity index (χ1n) is 7.41. The van der Waals surface area contributed by atoms with Gasteiger partial charge in [-0.25, -0.2) is 9.37 Å². The van der Waals surface area contributed by atoms with Crippen LogP contribution in [0.1, 0.15) is 26.5 Å². The molecule has 6 nitrogen and oxygen atoms in total. The van der Waals surface area contributed by atoms with Crippen LogP contribution in [0.4, 0.5) is 15.9 Å². The van der Waals surface area contributed by atoms with Gasteiger partial charge in [-0.3, -0.25) is 9.59 Å². The molecule has 0 saturated carbocycles. The molecule has 2 N–H and O–H groups in total. The normalized spacial score (nSPS) is 10.3. The van der Waals surface area contributed by atoms with Crippen LogP contribution in [0.3, 0.4) is 0 Å². The molecule has 2 amide bonds. The molecule has 0 radical (unpaired) electrons. The molecule has 1 aromatic carbocycles. The molecular formula is C18H14FN3O3. The first kappa shape index (κ1) is 16.4. The zero-order valence-electron chi connectivity index (χ0n) is 13.2. The number of aryl methyl sites for hydroxylation is 1. The van der Waals surface area contributed by atoms with E-state index in [2.05, 4.69) is 15.6 Å². The number of nitrogens with one attached hydrogen (secondary N) is 2. The summed E-state index contributed by atoms with van der Waals surface area (Å²) in [6.07, 6.45) is 2.84. The third-order valence-corrected chi connectivity index (χ3v) is 3.43. The number of hydrogen-bond acceptors (Lipinski definition) is 4. The Bertz CT molecular complexity index is 923. The van der Waals surface area contributed by atoms with Crippen molar-refractivity contribution in [2.45, 2.75) is 6.92 Å². The van der Waals surface area contributed by atoms with Gasteiger partial charge in [-0.05, 0) is 48.9 Å². The van der Waals surface area contributed by atoms with Crippen molar-refractivity contribution in [1.29, 1.82) is 0 Å². The molecule has 3 aromatic rings. The summed E-state index contributed by atoms with van der Waals surface area (Å²) >= 11 is 0. The van der Waals surface area contributed by atoms with Gasteiger partial charge in [0.2, 0.25) is 0 Å². The van der Waals surface area contributed by atoms with Crippen LogP contribution in [0.5, 0.6) is 0 Å². The standard InChI is InChI=1S/C18H14FN3O3/c1-11-8-16(22-17(23)12-4-2-5-13(19)9-12)20-10-14(11)21-18(24)15-6-3-7-25-15/h2-10H,1H3,(H,21,24)(H,20,22,23). The minimum atomic E-state index is -0.493. The van der Waals surface area contributed by atoms with E-state index >= 15 is 0 Å². The molecule has 0 aliphatic heterocycles. The molecule has 0 spiro atoms. The van der Waals surface area contributed by atoms with E-state index in [0.29, 0.717) is 17.1 Å². The minimum Gasteiger partial charge on any atom is -0.459 e. The number of nitrogens with zero attached hydrogens (tertiary/aromatic N) is 1. The zero-order chi connectivity index (χ0) is 17.8. The van der Waals surface area contributed by atoms with Crippen LogP contribution in [0, 0.1) is 12.7 Å². The van der Waals surface area contributed by atoms with Gasteiger partial charge in [-0.2, -0.15) is 0 Å². The zero-order valence-corrected chi connectivity index (χ0v) is 13.2. The number of carbonyl (C=O) groups excluding carboxylic acids is 2. The SMILES string of the molecule is Cc1cc(NC(=O)c2cccc(F)c2)ncc1NC(=O)c1ccco1. The van der Waals surface area contributed by atoms with Crippen LogP contribution in [-0.2, 0) is 0 Å². The molecule has 0 unspecified atom stereocenters. The largest absolute Gasteiger partial charge is 0.459 e. The second-order valence-electron chi connectivity index (χ2n) is 5.28. The van der Waals surface area contributed by atoms with Gasteiger partial charge in [0.25, 0.3) is 11.8 Å². The van der Waals surface area contributed by atoms with Gasteiger partial charge in [-0.15, -0.1) is 0 Å². The van der Waals surface area contributed by atoms with E-state index in [1.54, 1.807) is 25.1 Å². The number of rotatable bonds is 4. The number of benzene rings is 1. The number of carbonyl (C=O) groups is 2. The molecule has 2 heterocycles. The van der Waals surface area contributed by atoms with E-state index in [1.807, 2.05) is 0 Å². The first-order chi connectivity index (χ1) is 12.0. The van der Waals surface area contributed by atoms with Crippen LogP contribution >= 0.6 is 0 Å². The van der Waals surface area contributed by atoms with Crippen LogP contribution in [0.2, 0.25) is 0 Å². The van der Waals surface area contributed by atoms with Gasteiger partial charge in [0.05, 0.1) is 18.1 Å². The number of hydrogen-bond donors (Lipinski definition) is 2. The predicted octanol–water partition coefficient (Wildman–Crippen LogP) is 3.63. The molecule has 0 aliphatic rings. The maximum atomic E-state index is 13.2. The highest BCUT2D eigenvalue weighted by atomic mass is 19.1. The second-order valence-corrected chi connectivity index (χ2v) is 5.28. The van der Waals surface area contributed by atoms with Crippen molar-refractivity contribution in [3.63, 3.8) is 0 Å². The summed E-state index contributed by atoms with van der Waals surface area (Å²) in [5.41, 5.74) is 1.38. The van der Waals surface area contributed by atoms with E-state index in [0.717, 1.165) is 6.07 Å². The maximum absolute atomic E-state index is 13.2. The number of pyridine rings is 1. The Morgan fingerprint density at radius 3 is 2.60 bits per heavy atom. The van der Waals surface area contributed by atoms with Gasteiger partial charge in [0.1, 0.15) is 11.6 Å². The number of halogens is 1. The summed E-state index contributed by atoms with van der Waals surface area (Å²) in [5, 5.41) is 5.26. The lowest BCUT2D eigenvalue weighted by molar-refractivity contribution is 0.0994. The van der Waals surface area contributed by atoms with Crippen molar-refractivity contribution in [1.82, 2.24) is 4.98 Å². The van der Waals surface area contributed by atoms with Gasteiger partial charge in [0, 0.05) is 5.56 Å². The Labute approximate surface area is 142 Å². The van der Waals surface area contributed by atoms with E-state index < -0.39 is 17.6 Å². The fourth-order valence-electron chi connectivity index (χ4n) is 2.17. The highest BCUT2D eigenvalue weighted by Gasteiger charge is 2.12. The average Bonchev–Trinajstić information content (AvgIpc) is 3.12. The summed E-state index contributed by atoms with van der Waals surface area (Å²) in [6.45, 7) is 1.76. The molecule has 7 heteroatoms. The third-order valence-electron chi connectivity index (χ3n) is 3.43. The Morgan fingerprint density at radius 1 is 1.08 bits per heavy atom. The molecule has 25 heavy (non-hydrogen) atoms. The number of furan rings is 1. The number of anilines is 2. The number of aromatic nitrogens is 1. The smallest absolute Gasteiger partial charge is 0.291 e. The third kappa shape index (κ3) is 3.89. The molecule has 126 valence electrons. The Kier molecular flexibility index (Phi) is 4.56. The molecule has 0 fully saturated rings. The Morgan fingerprint density at radius 2 is 1.92 bits per heavy atom. The lowest BCUT2D eigenvalue weighted by atomic mass is 10.2. The highest BCUT2D eigenvalue weighted by Crippen LogP contribution is 2.18. The first-order valence-corrected chi connectivity index (χ1v) is 7.41. The highest BCUT2D eigenvalue weighted by molar-refractivity contribution is 6.04. The second kappa shape index (κ2) is 6.96. The van der Waals surface area contributed by atoms with Crippen LogP contribution < -0.4 is 10.6 Å². The Balaban J connectivity index is 1.71. The monoisotopic (exact) mass is 339 g/mol. The minimum absolute atomic E-state index is 0.183. The number of amides is 2. The van der Waals surface area contributed by atoms with Gasteiger partial charge < -0.3 is 15.1 Å². The molecule has 3 rings (SSSR count). The summed E-state index contributed by atoms with van der Waals surface area (Å²) in [7, 11) is 0. The fourth-order valence-corrected chi connectivity index (χ4v) is 2.17. The van der Waals surface area contributed by atoms with Crippen molar-refractivity contribution in [3.05, 3.63) is 77.6 Å². The molecule has 0 saturated heterocycles. The lowest BCUT2D eigenvalue weighted by Crippen LogP contribution is -2.15. The van der Waals surface area contributed by atoms with Crippen LogP contribution in [0.15, 0.2) is 59.3 Å². The predicted molar refractivity (Wildman–Crippen MR) is 90.0 cm³/mol. The maximum Gasteiger partial charge on any atom is 0.291 e. The van der Waals surface area contributed by atoms with Gasteiger partial charge in [-0.1, -0.05) is 6.07 Å². The molecule has 0 aliphatic carbocycles. The molecule has 0 atom stereocenters. The van der Waals surface area contributed by atoms with Crippen molar-refractivity contribution in [2.75, 3.05) is 10.6 Å². The molecule has 2 aromatic heterocycles. The van der Waals surface area contributed by atoms with E-state index in [-0.39, 0.29) is 11.3 Å². The summed E-state index contributed by atoms with van der Waals surface area (Å²) in [4.78, 5) is 28.2. The summed E-state index contributed by atoms with van der Waals surface area (Å²) in [5.74, 6) is -0.886. The van der Waals surface area contributed by atoms with E-state index in [4.69, 9.17) is 4.42 Å². The van der Waals surface area contributed by atoms with Crippen molar-refractivity contribution in [2.24, 2.45) is 0 Å². The Hall–Kier alpha value is -3.48. The topological polar surface area (TPSA) is 84.2 Å². The van der Waals surface area contributed by atoms with Crippen molar-refractivity contribution >= 4 is 23.3 Å². The lowest BCUT2D eigenvalue weighted by Gasteiger charge is -2.10. The van der Waals surface area contributed by atoms with Crippen LogP contribution in [0.25, 0.3) is 0 Å². The fraction of sp³-hybridized carbons (Fsp3) is 0.0556. The summed E-state index contributed by atoms with van der Waals surface area (Å²) in [6, 6.07) is 10.1. The average molecular weight is 339 g/mol. The molecule has 0 bridgehead atoms. The van der Waals surface area contributed by atoms with Crippen LogP contribution in [-0.4, -0.2) is 16.8 Å². The van der Waals surface area contributed by atoms with E-state index in [9.17, 15) is 14.0 Å². The summed E-state index contributed by atoms with van der Waals surface area (Å²) < 4.78 is 18.2. The van der Waals surface area contributed by atoms with Crippen molar-refractivity contribution in [3.8, 4) is 0 Å². The van der Waals surface area contributed by atoms with Gasteiger partial charge in [0.15, 0.2) is 5.76 Å². The quantitative estimate of drug-likeness (QED) is 0.760.